The smallest absolute Gasteiger partial charge is 0.255 e. The highest BCUT2D eigenvalue weighted by Crippen LogP contribution is 2.28. The van der Waals surface area contributed by atoms with Crippen LogP contribution in [0.1, 0.15) is 126 Å². The molecule has 1 unspecified atom stereocenters. The largest absolute Gasteiger partial charge is 0.328 e. The Bertz CT molecular complexity index is 842. The number of rotatable bonds is 2. The van der Waals surface area contributed by atoms with Gasteiger partial charge in [-0.25, -0.2) is 0 Å². The quantitative estimate of drug-likeness (QED) is 0.485. The summed E-state index contributed by atoms with van der Waals surface area (Å²) in [6, 6.07) is 5.68. The van der Waals surface area contributed by atoms with E-state index in [4.69, 9.17) is 5.73 Å². The summed E-state index contributed by atoms with van der Waals surface area (Å²) in [7, 11) is 0. The molecule has 5 rings (SSSR count). The highest BCUT2D eigenvalue weighted by atomic mass is 16.2. The molecule has 0 aromatic heterocycles. The fourth-order valence-electron chi connectivity index (χ4n) is 5.43. The number of benzene rings is 1. The molecule has 3 fully saturated rings. The van der Waals surface area contributed by atoms with Crippen LogP contribution >= 0.6 is 0 Å². The topological polar surface area (TPSA) is 92.5 Å². The van der Waals surface area contributed by atoms with Crippen molar-refractivity contribution in [1.82, 2.24) is 10.2 Å². The molecule has 1 saturated heterocycles. The maximum absolute atomic E-state index is 12.3. The lowest BCUT2D eigenvalue weighted by Gasteiger charge is -2.29. The van der Waals surface area contributed by atoms with Gasteiger partial charge in [0.15, 0.2) is 0 Å². The molecule has 3 amide bonds. The standard InChI is InChI=1S/C14H14N2O3.C8H16.C6H13N.C2H6/c1-8-2-3-10-9(6-8)7-16(14(10)19)11-4-5-12(17)15-13(11)18;1-2-8-6-4-3-5-7-8;7-6-4-2-1-3-5-6;1-2/h2-3,6,11H,4-5,7H2,1H3,(H,15,17,18);8H,2-7H2,1H3;6H,1-5,7H2;1-2H3. The van der Waals surface area contributed by atoms with Crippen molar-refractivity contribution in [1.29, 1.82) is 0 Å². The van der Waals surface area contributed by atoms with E-state index in [0.29, 0.717) is 24.6 Å². The monoisotopic (exact) mass is 499 g/mol. The summed E-state index contributed by atoms with van der Waals surface area (Å²) in [5.41, 5.74) is 8.34. The summed E-state index contributed by atoms with van der Waals surface area (Å²) < 4.78 is 0. The van der Waals surface area contributed by atoms with Crippen molar-refractivity contribution in [2.75, 3.05) is 0 Å². The number of hydrogen-bond acceptors (Lipinski definition) is 4. The minimum Gasteiger partial charge on any atom is -0.328 e. The Morgan fingerprint density at radius 1 is 0.917 bits per heavy atom. The number of nitrogens with two attached hydrogens (primary N) is 1. The summed E-state index contributed by atoms with van der Waals surface area (Å²) >= 11 is 0. The van der Waals surface area contributed by atoms with Crippen molar-refractivity contribution in [3.05, 3.63) is 34.9 Å². The van der Waals surface area contributed by atoms with Crippen molar-refractivity contribution < 1.29 is 14.4 Å². The number of imide groups is 1. The Labute approximate surface area is 218 Å². The summed E-state index contributed by atoms with van der Waals surface area (Å²) in [6.45, 7) is 8.73. The highest BCUT2D eigenvalue weighted by molar-refractivity contribution is 6.05. The third-order valence-electron chi connectivity index (χ3n) is 7.63. The Kier molecular flexibility index (Phi) is 13.2. The van der Waals surface area contributed by atoms with Gasteiger partial charge < -0.3 is 10.6 Å². The number of hydrogen-bond donors (Lipinski definition) is 2. The summed E-state index contributed by atoms with van der Waals surface area (Å²) in [6.07, 6.45) is 16.3. The van der Waals surface area contributed by atoms with Crippen LogP contribution in [0.25, 0.3) is 0 Å². The molecule has 6 heteroatoms. The van der Waals surface area contributed by atoms with E-state index in [1.807, 2.05) is 32.9 Å². The first-order chi connectivity index (χ1) is 17.4. The average Bonchev–Trinajstić information content (AvgIpc) is 3.22. The molecular formula is C30H49N3O3. The number of carbonyl (C=O) groups is 3. The molecule has 2 aliphatic carbocycles. The zero-order chi connectivity index (χ0) is 26.5. The van der Waals surface area contributed by atoms with Gasteiger partial charge in [-0.2, -0.15) is 0 Å². The lowest BCUT2D eigenvalue weighted by atomic mass is 9.88. The van der Waals surface area contributed by atoms with Gasteiger partial charge in [0.05, 0.1) is 0 Å². The van der Waals surface area contributed by atoms with E-state index in [2.05, 4.69) is 12.2 Å². The zero-order valence-electron chi connectivity index (χ0n) is 23.1. The second kappa shape index (κ2) is 15.8. The van der Waals surface area contributed by atoms with Gasteiger partial charge in [-0.3, -0.25) is 19.7 Å². The van der Waals surface area contributed by atoms with E-state index < -0.39 is 6.04 Å². The number of amides is 3. The number of carbonyl (C=O) groups excluding carboxylic acids is 3. The van der Waals surface area contributed by atoms with Crippen LogP contribution in [0.5, 0.6) is 0 Å². The lowest BCUT2D eigenvalue weighted by molar-refractivity contribution is -0.136. The lowest BCUT2D eigenvalue weighted by Crippen LogP contribution is -2.52. The maximum Gasteiger partial charge on any atom is 0.255 e. The van der Waals surface area contributed by atoms with Crippen molar-refractivity contribution in [2.45, 2.75) is 130 Å². The van der Waals surface area contributed by atoms with Crippen molar-refractivity contribution in [3.63, 3.8) is 0 Å². The number of fused-ring (bicyclic) bond motifs is 1. The average molecular weight is 500 g/mol. The minimum atomic E-state index is -0.530. The van der Waals surface area contributed by atoms with Crippen molar-refractivity contribution >= 4 is 17.7 Å². The zero-order valence-corrected chi connectivity index (χ0v) is 23.1. The summed E-state index contributed by atoms with van der Waals surface area (Å²) in [5, 5.41) is 2.29. The first-order valence-electron chi connectivity index (χ1n) is 14.4. The first-order valence-corrected chi connectivity index (χ1v) is 14.4. The van der Waals surface area contributed by atoms with Crippen LogP contribution in [0.3, 0.4) is 0 Å². The highest BCUT2D eigenvalue weighted by Gasteiger charge is 2.38. The van der Waals surface area contributed by atoms with Crippen LogP contribution in [0, 0.1) is 12.8 Å². The van der Waals surface area contributed by atoms with E-state index >= 15 is 0 Å². The summed E-state index contributed by atoms with van der Waals surface area (Å²) in [4.78, 5) is 36.8. The van der Waals surface area contributed by atoms with Crippen molar-refractivity contribution in [3.8, 4) is 0 Å². The van der Waals surface area contributed by atoms with Crippen molar-refractivity contribution in [2.24, 2.45) is 11.7 Å². The van der Waals surface area contributed by atoms with Gasteiger partial charge in [-0.15, -0.1) is 0 Å². The van der Waals surface area contributed by atoms with E-state index in [9.17, 15) is 14.4 Å². The van der Waals surface area contributed by atoms with Gasteiger partial charge in [0.1, 0.15) is 6.04 Å². The second-order valence-corrected chi connectivity index (χ2v) is 10.4. The van der Waals surface area contributed by atoms with E-state index in [0.717, 1.165) is 17.0 Å². The van der Waals surface area contributed by atoms with Crippen LogP contribution < -0.4 is 11.1 Å². The Morgan fingerprint density at radius 3 is 2.03 bits per heavy atom. The summed E-state index contributed by atoms with van der Waals surface area (Å²) in [5.74, 6) is 0.337. The number of aryl methyl sites for hydroxylation is 1. The Hall–Kier alpha value is -2.21. The number of nitrogens with zero attached hydrogens (tertiary/aromatic N) is 1. The van der Waals surface area contributed by atoms with E-state index in [-0.39, 0.29) is 24.1 Å². The molecule has 202 valence electrons. The molecule has 0 bridgehead atoms. The molecule has 1 aromatic rings. The van der Waals surface area contributed by atoms with Crippen LogP contribution in [0.4, 0.5) is 0 Å². The van der Waals surface area contributed by atoms with Gasteiger partial charge in [-0.05, 0) is 43.7 Å². The molecule has 0 spiro atoms. The Morgan fingerprint density at radius 2 is 1.53 bits per heavy atom. The molecular weight excluding hydrogens is 450 g/mol. The predicted molar refractivity (Wildman–Crippen MR) is 146 cm³/mol. The van der Waals surface area contributed by atoms with Gasteiger partial charge in [0, 0.05) is 24.6 Å². The minimum absolute atomic E-state index is 0.121. The molecule has 6 nitrogen and oxygen atoms in total. The van der Waals surface area contributed by atoms with E-state index in [1.165, 1.54) is 70.6 Å². The maximum atomic E-state index is 12.3. The van der Waals surface area contributed by atoms with Crippen LogP contribution in [0.2, 0.25) is 0 Å². The fraction of sp³-hybridized carbons (Fsp3) is 0.700. The van der Waals surface area contributed by atoms with Crippen LogP contribution in [-0.4, -0.2) is 34.7 Å². The SMILES string of the molecule is CC.CCC1CCCCC1.Cc1ccc2c(c1)CN(C1CCC(=O)NC1=O)C2=O.NC1CCCCC1. The fourth-order valence-corrected chi connectivity index (χ4v) is 5.43. The predicted octanol–water partition coefficient (Wildman–Crippen LogP) is 6.04. The van der Waals surface area contributed by atoms with E-state index in [1.54, 1.807) is 11.0 Å². The van der Waals surface area contributed by atoms with Crippen LogP contribution in [-0.2, 0) is 16.1 Å². The molecule has 2 aliphatic heterocycles. The number of piperidine rings is 1. The molecule has 0 radical (unpaired) electrons. The third-order valence-corrected chi connectivity index (χ3v) is 7.63. The number of nitrogens with one attached hydrogen (secondary N) is 1. The van der Waals surface area contributed by atoms with Gasteiger partial charge >= 0.3 is 0 Å². The third kappa shape index (κ3) is 9.02. The molecule has 36 heavy (non-hydrogen) atoms. The normalized spacial score (nSPS) is 22.2. The van der Waals surface area contributed by atoms with Gasteiger partial charge in [0.25, 0.3) is 5.91 Å². The second-order valence-electron chi connectivity index (χ2n) is 10.4. The van der Waals surface area contributed by atoms with Gasteiger partial charge in [-0.1, -0.05) is 96.3 Å². The van der Waals surface area contributed by atoms with Crippen LogP contribution in [0.15, 0.2) is 18.2 Å². The van der Waals surface area contributed by atoms with Gasteiger partial charge in [0.2, 0.25) is 11.8 Å². The molecule has 1 aromatic carbocycles. The molecule has 2 heterocycles. The molecule has 1 atom stereocenters. The molecule has 3 N–H and O–H groups in total. The first kappa shape index (κ1) is 30.0. The molecule has 4 aliphatic rings. The Balaban J connectivity index is 0.000000221. The molecule has 2 saturated carbocycles.